The zero-order chi connectivity index (χ0) is 14.7. The molecule has 0 aliphatic heterocycles. The van der Waals surface area contributed by atoms with Crippen LogP contribution in [0.1, 0.15) is 53.1 Å². The van der Waals surface area contributed by atoms with Crippen LogP contribution in [0.15, 0.2) is 30.3 Å². The number of hydrogen-bond acceptors (Lipinski definition) is 3. The Kier molecular flexibility index (Phi) is 4.61. The molecule has 0 saturated heterocycles. The molecule has 0 fully saturated rings. The van der Waals surface area contributed by atoms with Gasteiger partial charge in [0, 0.05) is 9.75 Å². The van der Waals surface area contributed by atoms with Gasteiger partial charge in [0.2, 0.25) is 0 Å². The van der Waals surface area contributed by atoms with Gasteiger partial charge in [0.05, 0.1) is 12.6 Å². The predicted molar refractivity (Wildman–Crippen MR) is 89.2 cm³/mol. The van der Waals surface area contributed by atoms with Crippen molar-refractivity contribution in [2.24, 2.45) is 5.73 Å². The van der Waals surface area contributed by atoms with Crippen molar-refractivity contribution in [2.45, 2.75) is 45.1 Å². The summed E-state index contributed by atoms with van der Waals surface area (Å²) in [5, 5.41) is 0. The van der Waals surface area contributed by atoms with Crippen LogP contribution in [-0.2, 0) is 12.8 Å². The second kappa shape index (κ2) is 6.63. The highest BCUT2D eigenvalue weighted by Crippen LogP contribution is 2.34. The lowest BCUT2D eigenvalue weighted by atomic mass is 10.0. The molecule has 0 bridgehead atoms. The summed E-state index contributed by atoms with van der Waals surface area (Å²) in [7, 11) is 0. The topological polar surface area (TPSA) is 35.2 Å². The number of rotatable bonds is 4. The van der Waals surface area contributed by atoms with Crippen molar-refractivity contribution in [1.29, 1.82) is 0 Å². The Hall–Kier alpha value is -1.32. The average Bonchev–Trinajstić information content (AvgIpc) is 2.78. The second-order valence-electron chi connectivity index (χ2n) is 5.64. The van der Waals surface area contributed by atoms with E-state index in [0.29, 0.717) is 6.61 Å². The molecule has 1 aromatic carbocycles. The quantitative estimate of drug-likeness (QED) is 0.846. The Balaban J connectivity index is 1.84. The molecule has 1 unspecified atom stereocenters. The maximum absolute atomic E-state index is 6.49. The Morgan fingerprint density at radius 2 is 2.05 bits per heavy atom. The number of benzene rings is 1. The molecule has 2 aromatic rings. The summed E-state index contributed by atoms with van der Waals surface area (Å²) in [5.41, 5.74) is 9.16. The monoisotopic (exact) mass is 301 g/mol. The smallest absolute Gasteiger partial charge is 0.119 e. The van der Waals surface area contributed by atoms with Gasteiger partial charge in [-0.15, -0.1) is 11.3 Å². The molecule has 112 valence electrons. The van der Waals surface area contributed by atoms with Gasteiger partial charge in [-0.3, -0.25) is 0 Å². The summed E-state index contributed by atoms with van der Waals surface area (Å²) >= 11 is 1.90. The van der Waals surface area contributed by atoms with Crippen LogP contribution in [-0.4, -0.2) is 6.61 Å². The van der Waals surface area contributed by atoms with E-state index in [1.165, 1.54) is 42.5 Å². The molecule has 21 heavy (non-hydrogen) atoms. The largest absolute Gasteiger partial charge is 0.494 e. The highest BCUT2D eigenvalue weighted by molar-refractivity contribution is 7.12. The zero-order valence-electron chi connectivity index (χ0n) is 12.6. The molecule has 0 spiro atoms. The number of aryl methyl sites for hydroxylation is 2. The first-order chi connectivity index (χ1) is 10.3. The number of ether oxygens (including phenoxy) is 1. The van der Waals surface area contributed by atoms with Crippen LogP contribution in [0, 0.1) is 0 Å². The van der Waals surface area contributed by atoms with Crippen LogP contribution in [0.4, 0.5) is 0 Å². The van der Waals surface area contributed by atoms with Gasteiger partial charge in [-0.05, 0) is 61.9 Å². The summed E-state index contributed by atoms with van der Waals surface area (Å²) in [6, 6.07) is 10.5. The van der Waals surface area contributed by atoms with E-state index >= 15 is 0 Å². The summed E-state index contributed by atoms with van der Waals surface area (Å²) in [6.07, 6.45) is 6.45. The molecular formula is C18H23NOS. The predicted octanol–water partition coefficient (Wildman–Crippen LogP) is 4.46. The maximum atomic E-state index is 6.49. The normalized spacial score (nSPS) is 16.1. The molecule has 3 heteroatoms. The van der Waals surface area contributed by atoms with Crippen LogP contribution >= 0.6 is 11.3 Å². The van der Waals surface area contributed by atoms with Crippen LogP contribution in [0.3, 0.4) is 0 Å². The minimum absolute atomic E-state index is 0.0395. The molecule has 2 nitrogen and oxygen atoms in total. The fraction of sp³-hybridized carbons (Fsp3) is 0.444. The minimum atomic E-state index is -0.0395. The van der Waals surface area contributed by atoms with E-state index in [-0.39, 0.29) is 6.04 Å². The van der Waals surface area contributed by atoms with Crippen molar-refractivity contribution >= 4 is 11.3 Å². The van der Waals surface area contributed by atoms with E-state index in [9.17, 15) is 0 Å². The standard InChI is InChI=1S/C18H23NOS/c1-2-20-15-9-6-8-14(11-15)18(19)17-12-13-7-4-3-5-10-16(13)21-17/h6,8-9,11-12,18H,2-5,7,10,19H2,1H3. The van der Waals surface area contributed by atoms with Crippen molar-refractivity contribution in [3.05, 3.63) is 51.2 Å². The molecule has 0 radical (unpaired) electrons. The first kappa shape index (κ1) is 14.6. The summed E-state index contributed by atoms with van der Waals surface area (Å²) in [6.45, 7) is 2.69. The van der Waals surface area contributed by atoms with Crippen molar-refractivity contribution in [2.75, 3.05) is 6.61 Å². The molecule has 3 rings (SSSR count). The van der Waals surface area contributed by atoms with Gasteiger partial charge in [-0.25, -0.2) is 0 Å². The lowest BCUT2D eigenvalue weighted by Crippen LogP contribution is -2.10. The SMILES string of the molecule is CCOc1cccc(C(N)c2cc3c(s2)CCCCC3)c1. The molecule has 1 aliphatic rings. The van der Waals surface area contributed by atoms with Gasteiger partial charge in [0.15, 0.2) is 0 Å². The number of thiophene rings is 1. The molecule has 1 heterocycles. The van der Waals surface area contributed by atoms with E-state index in [1.54, 1.807) is 4.88 Å². The van der Waals surface area contributed by atoms with Crippen LogP contribution in [0.25, 0.3) is 0 Å². The molecular weight excluding hydrogens is 278 g/mol. The lowest BCUT2D eigenvalue weighted by molar-refractivity contribution is 0.340. The highest BCUT2D eigenvalue weighted by Gasteiger charge is 2.17. The molecule has 0 amide bonds. The first-order valence-electron chi connectivity index (χ1n) is 7.87. The lowest BCUT2D eigenvalue weighted by Gasteiger charge is -2.12. The van der Waals surface area contributed by atoms with Crippen LogP contribution in [0.5, 0.6) is 5.75 Å². The average molecular weight is 301 g/mol. The Labute approximate surface area is 130 Å². The number of nitrogens with two attached hydrogens (primary N) is 1. The highest BCUT2D eigenvalue weighted by atomic mass is 32.1. The van der Waals surface area contributed by atoms with Gasteiger partial charge in [-0.1, -0.05) is 18.6 Å². The Bertz CT molecular complexity index is 582. The zero-order valence-corrected chi connectivity index (χ0v) is 13.4. The van der Waals surface area contributed by atoms with Crippen molar-refractivity contribution in [1.82, 2.24) is 0 Å². The molecule has 1 atom stereocenters. The second-order valence-corrected chi connectivity index (χ2v) is 6.81. The van der Waals surface area contributed by atoms with Gasteiger partial charge >= 0.3 is 0 Å². The van der Waals surface area contributed by atoms with Gasteiger partial charge in [0.25, 0.3) is 0 Å². The van der Waals surface area contributed by atoms with E-state index in [1.807, 2.05) is 30.4 Å². The van der Waals surface area contributed by atoms with E-state index in [2.05, 4.69) is 18.2 Å². The molecule has 1 aromatic heterocycles. The number of hydrogen-bond donors (Lipinski definition) is 1. The maximum Gasteiger partial charge on any atom is 0.119 e. The fourth-order valence-corrected chi connectivity index (χ4v) is 4.26. The Morgan fingerprint density at radius 3 is 2.90 bits per heavy atom. The first-order valence-corrected chi connectivity index (χ1v) is 8.69. The third-order valence-corrected chi connectivity index (χ3v) is 5.42. The Morgan fingerprint density at radius 1 is 1.19 bits per heavy atom. The van der Waals surface area contributed by atoms with Crippen LogP contribution < -0.4 is 10.5 Å². The van der Waals surface area contributed by atoms with E-state index in [4.69, 9.17) is 10.5 Å². The minimum Gasteiger partial charge on any atom is -0.494 e. The summed E-state index contributed by atoms with van der Waals surface area (Å²) < 4.78 is 5.58. The van der Waals surface area contributed by atoms with Crippen molar-refractivity contribution in [3.63, 3.8) is 0 Å². The van der Waals surface area contributed by atoms with Gasteiger partial charge < -0.3 is 10.5 Å². The fourth-order valence-electron chi connectivity index (χ4n) is 2.97. The summed E-state index contributed by atoms with van der Waals surface area (Å²) in [5.74, 6) is 0.906. The van der Waals surface area contributed by atoms with Gasteiger partial charge in [-0.2, -0.15) is 0 Å². The van der Waals surface area contributed by atoms with Crippen molar-refractivity contribution < 1.29 is 4.74 Å². The van der Waals surface area contributed by atoms with E-state index < -0.39 is 0 Å². The third kappa shape index (κ3) is 3.30. The number of fused-ring (bicyclic) bond motifs is 1. The molecule has 1 aliphatic carbocycles. The van der Waals surface area contributed by atoms with E-state index in [0.717, 1.165) is 11.3 Å². The van der Waals surface area contributed by atoms with Crippen molar-refractivity contribution in [3.8, 4) is 5.75 Å². The summed E-state index contributed by atoms with van der Waals surface area (Å²) in [4.78, 5) is 2.84. The molecule has 2 N–H and O–H groups in total. The molecule has 0 saturated carbocycles. The van der Waals surface area contributed by atoms with Gasteiger partial charge in [0.1, 0.15) is 5.75 Å². The van der Waals surface area contributed by atoms with Crippen LogP contribution in [0.2, 0.25) is 0 Å². The third-order valence-electron chi connectivity index (χ3n) is 4.10.